The van der Waals surface area contributed by atoms with Crippen LogP contribution >= 0.6 is 0 Å². The van der Waals surface area contributed by atoms with Crippen molar-refractivity contribution in [2.24, 2.45) is 5.92 Å². The van der Waals surface area contributed by atoms with Gasteiger partial charge in [0.2, 0.25) is 5.91 Å². The first kappa shape index (κ1) is 13.5. The molecule has 1 fully saturated rings. The summed E-state index contributed by atoms with van der Waals surface area (Å²) in [4.78, 5) is 27.0. The Morgan fingerprint density at radius 1 is 1.37 bits per heavy atom. The van der Waals surface area contributed by atoms with Gasteiger partial charge >= 0.3 is 5.97 Å². The standard InChI is InChI=1S/C14H18N2O3/c17-13(8-10-4-3-7-15-9-10)16-12-6-2-1-5-11(12)14(18)19/h3-4,7,9,11-12H,1-2,5-6,8H2,(H,16,17)(H,18,19). The third-order valence-corrected chi connectivity index (χ3v) is 3.52. The summed E-state index contributed by atoms with van der Waals surface area (Å²) in [7, 11) is 0. The maximum Gasteiger partial charge on any atom is 0.308 e. The Bertz CT molecular complexity index is 447. The number of amides is 1. The van der Waals surface area contributed by atoms with Crippen LogP contribution in [0.2, 0.25) is 0 Å². The zero-order valence-corrected chi connectivity index (χ0v) is 10.7. The lowest BCUT2D eigenvalue weighted by Crippen LogP contribution is -2.45. The van der Waals surface area contributed by atoms with Crippen LogP contribution in [0.3, 0.4) is 0 Å². The molecule has 0 radical (unpaired) electrons. The SMILES string of the molecule is O=C(Cc1cccnc1)NC1CCCCC1C(=O)O. The molecule has 5 heteroatoms. The number of rotatable bonds is 4. The smallest absolute Gasteiger partial charge is 0.308 e. The van der Waals surface area contributed by atoms with Gasteiger partial charge in [-0.1, -0.05) is 18.9 Å². The van der Waals surface area contributed by atoms with Crippen molar-refractivity contribution >= 4 is 11.9 Å². The number of hydrogen-bond donors (Lipinski definition) is 2. The minimum atomic E-state index is -0.814. The number of nitrogens with zero attached hydrogens (tertiary/aromatic N) is 1. The Balaban J connectivity index is 1.92. The van der Waals surface area contributed by atoms with Crippen molar-refractivity contribution in [3.05, 3.63) is 30.1 Å². The topological polar surface area (TPSA) is 79.3 Å². The van der Waals surface area contributed by atoms with Gasteiger partial charge in [-0.2, -0.15) is 0 Å². The lowest BCUT2D eigenvalue weighted by Gasteiger charge is -2.29. The van der Waals surface area contributed by atoms with Crippen molar-refractivity contribution in [3.8, 4) is 0 Å². The van der Waals surface area contributed by atoms with Crippen molar-refractivity contribution in [3.63, 3.8) is 0 Å². The second-order valence-corrected chi connectivity index (χ2v) is 4.94. The Morgan fingerprint density at radius 3 is 2.84 bits per heavy atom. The summed E-state index contributed by atoms with van der Waals surface area (Å²) in [5.41, 5.74) is 0.836. The number of carboxylic acids is 1. The quantitative estimate of drug-likeness (QED) is 0.859. The van der Waals surface area contributed by atoms with Gasteiger partial charge in [-0.15, -0.1) is 0 Å². The lowest BCUT2D eigenvalue weighted by atomic mass is 9.84. The second-order valence-electron chi connectivity index (χ2n) is 4.94. The van der Waals surface area contributed by atoms with Crippen molar-refractivity contribution < 1.29 is 14.7 Å². The van der Waals surface area contributed by atoms with Gasteiger partial charge in [0.05, 0.1) is 12.3 Å². The van der Waals surface area contributed by atoms with E-state index >= 15 is 0 Å². The predicted molar refractivity (Wildman–Crippen MR) is 69.5 cm³/mol. The van der Waals surface area contributed by atoms with E-state index in [1.807, 2.05) is 6.07 Å². The number of nitrogens with one attached hydrogen (secondary N) is 1. The predicted octanol–water partition coefficient (Wildman–Crippen LogP) is 1.38. The number of hydrogen-bond acceptors (Lipinski definition) is 3. The molecule has 0 aliphatic heterocycles. The first-order valence-electron chi connectivity index (χ1n) is 6.58. The number of aliphatic carboxylic acids is 1. The number of carbonyl (C=O) groups is 2. The number of carbonyl (C=O) groups excluding carboxylic acids is 1. The molecule has 1 amide bonds. The van der Waals surface area contributed by atoms with Crippen LogP contribution in [0.4, 0.5) is 0 Å². The highest BCUT2D eigenvalue weighted by Gasteiger charge is 2.31. The molecular weight excluding hydrogens is 244 g/mol. The van der Waals surface area contributed by atoms with Crippen molar-refractivity contribution in [2.45, 2.75) is 38.1 Å². The monoisotopic (exact) mass is 262 g/mol. The van der Waals surface area contributed by atoms with E-state index in [-0.39, 0.29) is 18.4 Å². The average molecular weight is 262 g/mol. The van der Waals surface area contributed by atoms with Gasteiger partial charge in [-0.25, -0.2) is 0 Å². The number of aromatic nitrogens is 1. The fourth-order valence-electron chi connectivity index (χ4n) is 2.55. The molecule has 0 spiro atoms. The molecular formula is C14H18N2O3. The fraction of sp³-hybridized carbons (Fsp3) is 0.500. The van der Waals surface area contributed by atoms with Gasteiger partial charge in [0, 0.05) is 18.4 Å². The zero-order chi connectivity index (χ0) is 13.7. The molecule has 5 nitrogen and oxygen atoms in total. The van der Waals surface area contributed by atoms with E-state index in [9.17, 15) is 9.59 Å². The van der Waals surface area contributed by atoms with Gasteiger partial charge in [-0.3, -0.25) is 14.6 Å². The van der Waals surface area contributed by atoms with E-state index in [0.29, 0.717) is 6.42 Å². The maximum absolute atomic E-state index is 11.9. The van der Waals surface area contributed by atoms with Crippen LogP contribution in [0.5, 0.6) is 0 Å². The minimum Gasteiger partial charge on any atom is -0.481 e. The maximum atomic E-state index is 11.9. The Kier molecular flexibility index (Phi) is 4.49. The molecule has 2 unspecified atom stereocenters. The van der Waals surface area contributed by atoms with Crippen LogP contribution in [0.1, 0.15) is 31.2 Å². The molecule has 2 rings (SSSR count). The van der Waals surface area contributed by atoms with E-state index in [1.165, 1.54) is 0 Å². The Labute approximate surface area is 112 Å². The highest BCUT2D eigenvalue weighted by Crippen LogP contribution is 2.24. The largest absolute Gasteiger partial charge is 0.481 e. The molecule has 1 aliphatic carbocycles. The van der Waals surface area contributed by atoms with Crippen molar-refractivity contribution in [2.75, 3.05) is 0 Å². The first-order chi connectivity index (χ1) is 9.16. The average Bonchev–Trinajstić information content (AvgIpc) is 2.40. The summed E-state index contributed by atoms with van der Waals surface area (Å²) in [5, 5.41) is 12.0. The second kappa shape index (κ2) is 6.31. The van der Waals surface area contributed by atoms with Crippen molar-refractivity contribution in [1.82, 2.24) is 10.3 Å². The van der Waals surface area contributed by atoms with Gasteiger partial charge in [0.15, 0.2) is 0 Å². The first-order valence-corrected chi connectivity index (χ1v) is 6.58. The van der Waals surface area contributed by atoms with Gasteiger partial charge in [0.1, 0.15) is 0 Å². The van der Waals surface area contributed by atoms with E-state index < -0.39 is 11.9 Å². The van der Waals surface area contributed by atoms with E-state index in [2.05, 4.69) is 10.3 Å². The summed E-state index contributed by atoms with van der Waals surface area (Å²) in [6.45, 7) is 0. The molecule has 2 N–H and O–H groups in total. The van der Waals surface area contributed by atoms with Crippen LogP contribution < -0.4 is 5.32 Å². The van der Waals surface area contributed by atoms with Crippen LogP contribution in [-0.4, -0.2) is 28.0 Å². The van der Waals surface area contributed by atoms with Crippen LogP contribution in [0.15, 0.2) is 24.5 Å². The molecule has 1 saturated carbocycles. The van der Waals surface area contributed by atoms with Gasteiger partial charge < -0.3 is 10.4 Å². The van der Waals surface area contributed by atoms with Crippen LogP contribution in [0, 0.1) is 5.92 Å². The molecule has 1 aliphatic rings. The molecule has 1 aromatic heterocycles. The van der Waals surface area contributed by atoms with Crippen LogP contribution in [-0.2, 0) is 16.0 Å². The summed E-state index contributed by atoms with van der Waals surface area (Å²) in [5.74, 6) is -1.40. The zero-order valence-electron chi connectivity index (χ0n) is 10.7. The van der Waals surface area contributed by atoms with Gasteiger partial charge in [-0.05, 0) is 24.5 Å². The Morgan fingerprint density at radius 2 is 2.16 bits per heavy atom. The molecule has 1 aromatic rings. The summed E-state index contributed by atoms with van der Waals surface area (Å²) >= 11 is 0. The number of carboxylic acid groups (broad SMARTS) is 1. The molecule has 19 heavy (non-hydrogen) atoms. The summed E-state index contributed by atoms with van der Waals surface area (Å²) in [6, 6.07) is 3.38. The third kappa shape index (κ3) is 3.77. The highest BCUT2D eigenvalue weighted by molar-refractivity contribution is 5.80. The molecule has 1 heterocycles. The van der Waals surface area contributed by atoms with E-state index in [1.54, 1.807) is 18.5 Å². The fourth-order valence-corrected chi connectivity index (χ4v) is 2.55. The Hall–Kier alpha value is -1.91. The van der Waals surface area contributed by atoms with Crippen molar-refractivity contribution in [1.29, 1.82) is 0 Å². The molecule has 0 saturated heterocycles. The number of pyridine rings is 1. The van der Waals surface area contributed by atoms with Crippen LogP contribution in [0.25, 0.3) is 0 Å². The lowest BCUT2D eigenvalue weighted by molar-refractivity contribution is -0.144. The van der Waals surface area contributed by atoms with E-state index in [0.717, 1.165) is 24.8 Å². The molecule has 102 valence electrons. The summed E-state index contributed by atoms with van der Waals surface area (Å²) < 4.78 is 0. The molecule has 0 aromatic carbocycles. The molecule has 0 bridgehead atoms. The van der Waals surface area contributed by atoms with Gasteiger partial charge in [0.25, 0.3) is 0 Å². The minimum absolute atomic E-state index is 0.133. The highest BCUT2D eigenvalue weighted by atomic mass is 16.4. The summed E-state index contributed by atoms with van der Waals surface area (Å²) in [6.07, 6.45) is 6.84. The third-order valence-electron chi connectivity index (χ3n) is 3.52. The normalized spacial score (nSPS) is 22.7. The molecule has 2 atom stereocenters. The van der Waals surface area contributed by atoms with E-state index in [4.69, 9.17) is 5.11 Å².